The van der Waals surface area contributed by atoms with Gasteiger partial charge in [-0.05, 0) is 55.3 Å². The number of para-hydroxylation sites is 1. The summed E-state index contributed by atoms with van der Waals surface area (Å²) in [7, 11) is 0. The first-order valence-electron chi connectivity index (χ1n) is 10.0. The van der Waals surface area contributed by atoms with Gasteiger partial charge in [0.25, 0.3) is 0 Å². The van der Waals surface area contributed by atoms with Crippen molar-refractivity contribution in [2.45, 2.75) is 31.5 Å². The Morgan fingerprint density at radius 3 is 2.62 bits per heavy atom. The minimum atomic E-state index is -0.622. The van der Waals surface area contributed by atoms with Crippen LogP contribution in [-0.2, 0) is 23.5 Å². The first-order valence-corrected chi connectivity index (χ1v) is 10.0. The van der Waals surface area contributed by atoms with Crippen LogP contribution in [-0.4, -0.2) is 28.8 Å². The van der Waals surface area contributed by atoms with Crippen molar-refractivity contribution in [1.82, 2.24) is 20.4 Å². The summed E-state index contributed by atoms with van der Waals surface area (Å²) in [5, 5.41) is 10.8. The van der Waals surface area contributed by atoms with Gasteiger partial charge in [-0.25, -0.2) is 0 Å². The van der Waals surface area contributed by atoms with Gasteiger partial charge in [-0.3, -0.25) is 9.48 Å². The molecule has 3 aromatic rings. The molecule has 1 aliphatic rings. The lowest BCUT2D eigenvalue weighted by Crippen LogP contribution is -2.54. The van der Waals surface area contributed by atoms with E-state index in [-0.39, 0.29) is 5.91 Å². The standard InChI is InChI=1S/C23H26N4O2/c28-22(23(10-13-24-14-11-23)27-15-5-12-26-27)25-17-19-6-4-7-20(16-19)18-29-21-8-2-1-3-9-21/h1-9,12,15-16,24H,10-11,13-14,17-18H2,(H,25,28). The van der Waals surface area contributed by atoms with Crippen molar-refractivity contribution in [3.05, 3.63) is 84.2 Å². The highest BCUT2D eigenvalue weighted by atomic mass is 16.5. The Balaban J connectivity index is 1.40. The Hall–Kier alpha value is -3.12. The van der Waals surface area contributed by atoms with Gasteiger partial charge in [-0.15, -0.1) is 0 Å². The first-order chi connectivity index (χ1) is 14.3. The molecule has 150 valence electrons. The number of nitrogens with zero attached hydrogens (tertiary/aromatic N) is 2. The fourth-order valence-electron chi connectivity index (χ4n) is 3.78. The Labute approximate surface area is 170 Å². The van der Waals surface area contributed by atoms with Crippen LogP contribution in [0.5, 0.6) is 5.75 Å². The van der Waals surface area contributed by atoms with Gasteiger partial charge in [0.1, 0.15) is 17.9 Å². The number of carbonyl (C=O) groups is 1. The third kappa shape index (κ3) is 4.49. The Morgan fingerprint density at radius 2 is 1.86 bits per heavy atom. The summed E-state index contributed by atoms with van der Waals surface area (Å²) >= 11 is 0. The van der Waals surface area contributed by atoms with Crippen LogP contribution in [0.2, 0.25) is 0 Å². The van der Waals surface area contributed by atoms with Crippen molar-refractivity contribution in [3.8, 4) is 5.75 Å². The molecule has 6 nitrogen and oxygen atoms in total. The van der Waals surface area contributed by atoms with E-state index in [0.29, 0.717) is 13.2 Å². The molecule has 0 atom stereocenters. The van der Waals surface area contributed by atoms with E-state index in [0.717, 1.165) is 42.8 Å². The van der Waals surface area contributed by atoms with Crippen molar-refractivity contribution in [1.29, 1.82) is 0 Å². The van der Waals surface area contributed by atoms with Crippen LogP contribution in [0.1, 0.15) is 24.0 Å². The van der Waals surface area contributed by atoms with Gasteiger partial charge in [0.2, 0.25) is 5.91 Å². The lowest BCUT2D eigenvalue weighted by Gasteiger charge is -2.36. The van der Waals surface area contributed by atoms with Crippen LogP contribution in [0.25, 0.3) is 0 Å². The largest absolute Gasteiger partial charge is 0.489 e. The first kappa shape index (κ1) is 19.2. The number of rotatable bonds is 7. The van der Waals surface area contributed by atoms with Gasteiger partial charge in [0, 0.05) is 18.9 Å². The molecular weight excluding hydrogens is 364 g/mol. The van der Waals surface area contributed by atoms with E-state index in [4.69, 9.17) is 4.74 Å². The number of hydrogen-bond acceptors (Lipinski definition) is 4. The minimum Gasteiger partial charge on any atom is -0.489 e. The molecule has 0 spiro atoms. The van der Waals surface area contributed by atoms with E-state index in [9.17, 15) is 4.79 Å². The molecule has 0 bridgehead atoms. The zero-order valence-electron chi connectivity index (χ0n) is 16.4. The second-order valence-corrected chi connectivity index (χ2v) is 7.34. The second-order valence-electron chi connectivity index (χ2n) is 7.34. The maximum Gasteiger partial charge on any atom is 0.248 e. The monoisotopic (exact) mass is 390 g/mol. The molecule has 0 saturated carbocycles. The van der Waals surface area contributed by atoms with Crippen LogP contribution >= 0.6 is 0 Å². The summed E-state index contributed by atoms with van der Waals surface area (Å²) in [6, 6.07) is 19.8. The predicted octanol–water partition coefficient (Wildman–Crippen LogP) is 2.86. The van der Waals surface area contributed by atoms with Gasteiger partial charge in [-0.1, -0.05) is 42.5 Å². The lowest BCUT2D eigenvalue weighted by atomic mass is 9.87. The van der Waals surface area contributed by atoms with Crippen molar-refractivity contribution in [3.63, 3.8) is 0 Å². The van der Waals surface area contributed by atoms with Gasteiger partial charge < -0.3 is 15.4 Å². The summed E-state index contributed by atoms with van der Waals surface area (Å²) in [6.07, 6.45) is 5.07. The maximum atomic E-state index is 13.2. The fourth-order valence-corrected chi connectivity index (χ4v) is 3.78. The van der Waals surface area contributed by atoms with Crippen LogP contribution in [0.15, 0.2) is 73.1 Å². The Bertz CT molecular complexity index is 919. The molecule has 1 saturated heterocycles. The SMILES string of the molecule is O=C(NCc1cccc(COc2ccccc2)c1)C1(n2cccn2)CCNCC1. The summed E-state index contributed by atoms with van der Waals surface area (Å²) in [5.74, 6) is 0.868. The van der Waals surface area contributed by atoms with E-state index < -0.39 is 5.54 Å². The molecular formula is C23H26N4O2. The number of carbonyl (C=O) groups excluding carboxylic acids is 1. The molecule has 2 N–H and O–H groups in total. The molecule has 0 radical (unpaired) electrons. The third-order valence-corrected chi connectivity index (χ3v) is 5.39. The number of hydrogen-bond donors (Lipinski definition) is 2. The molecule has 1 fully saturated rings. The number of benzene rings is 2. The molecule has 0 unspecified atom stereocenters. The van der Waals surface area contributed by atoms with Crippen LogP contribution in [0.4, 0.5) is 0 Å². The van der Waals surface area contributed by atoms with Crippen LogP contribution < -0.4 is 15.4 Å². The Kier molecular flexibility index (Phi) is 5.91. The number of nitrogens with one attached hydrogen (secondary N) is 2. The van der Waals surface area contributed by atoms with E-state index in [1.165, 1.54) is 0 Å². The Morgan fingerprint density at radius 1 is 1.07 bits per heavy atom. The fraction of sp³-hybridized carbons (Fsp3) is 0.304. The average Bonchev–Trinajstić information content (AvgIpc) is 3.33. The summed E-state index contributed by atoms with van der Waals surface area (Å²) < 4.78 is 7.64. The van der Waals surface area contributed by atoms with E-state index in [2.05, 4.69) is 21.8 Å². The van der Waals surface area contributed by atoms with Gasteiger partial charge >= 0.3 is 0 Å². The van der Waals surface area contributed by atoms with Crippen LogP contribution in [0, 0.1) is 0 Å². The quantitative estimate of drug-likeness (QED) is 0.651. The molecule has 29 heavy (non-hydrogen) atoms. The average molecular weight is 390 g/mol. The molecule has 4 rings (SSSR count). The zero-order valence-corrected chi connectivity index (χ0v) is 16.4. The predicted molar refractivity (Wildman–Crippen MR) is 111 cm³/mol. The highest BCUT2D eigenvalue weighted by Gasteiger charge is 2.41. The molecule has 6 heteroatoms. The van der Waals surface area contributed by atoms with E-state index >= 15 is 0 Å². The molecule has 1 aromatic heterocycles. The van der Waals surface area contributed by atoms with Crippen molar-refractivity contribution in [2.75, 3.05) is 13.1 Å². The van der Waals surface area contributed by atoms with Crippen molar-refractivity contribution in [2.24, 2.45) is 0 Å². The topological polar surface area (TPSA) is 68.2 Å². The number of amides is 1. The third-order valence-electron chi connectivity index (χ3n) is 5.39. The highest BCUT2D eigenvalue weighted by molar-refractivity contribution is 5.84. The number of aromatic nitrogens is 2. The van der Waals surface area contributed by atoms with Crippen LogP contribution in [0.3, 0.4) is 0 Å². The maximum absolute atomic E-state index is 13.2. The van der Waals surface area contributed by atoms with Gasteiger partial charge in [0.15, 0.2) is 0 Å². The molecule has 1 aliphatic heterocycles. The summed E-state index contributed by atoms with van der Waals surface area (Å²) in [5.41, 5.74) is 1.50. The molecule has 1 amide bonds. The normalized spacial score (nSPS) is 15.6. The highest BCUT2D eigenvalue weighted by Crippen LogP contribution is 2.27. The van der Waals surface area contributed by atoms with E-state index in [1.807, 2.05) is 65.5 Å². The molecule has 2 heterocycles. The zero-order chi connectivity index (χ0) is 19.9. The summed E-state index contributed by atoms with van der Waals surface area (Å²) in [6.45, 7) is 2.59. The second kappa shape index (κ2) is 8.92. The number of ether oxygens (including phenoxy) is 1. The number of piperidine rings is 1. The van der Waals surface area contributed by atoms with Crippen molar-refractivity contribution >= 4 is 5.91 Å². The van der Waals surface area contributed by atoms with Gasteiger partial charge in [-0.2, -0.15) is 5.10 Å². The van der Waals surface area contributed by atoms with E-state index in [1.54, 1.807) is 6.20 Å². The lowest BCUT2D eigenvalue weighted by molar-refractivity contribution is -0.132. The smallest absolute Gasteiger partial charge is 0.248 e. The van der Waals surface area contributed by atoms with Crippen molar-refractivity contribution < 1.29 is 9.53 Å². The molecule has 2 aromatic carbocycles. The molecule has 0 aliphatic carbocycles. The van der Waals surface area contributed by atoms with Gasteiger partial charge in [0.05, 0.1) is 0 Å². The summed E-state index contributed by atoms with van der Waals surface area (Å²) in [4.78, 5) is 13.2. The minimum absolute atomic E-state index is 0.0219.